The molecule has 0 fully saturated rings. The van der Waals surface area contributed by atoms with Crippen LogP contribution >= 0.6 is 0 Å². The average Bonchev–Trinajstić information content (AvgIpc) is 2.83. The van der Waals surface area contributed by atoms with Gasteiger partial charge in [-0.3, -0.25) is 0 Å². The lowest BCUT2D eigenvalue weighted by molar-refractivity contribution is 0.530. The van der Waals surface area contributed by atoms with Gasteiger partial charge < -0.3 is 0 Å². The van der Waals surface area contributed by atoms with Crippen LogP contribution in [0.2, 0.25) is 0 Å². The second-order valence-electron chi connectivity index (χ2n) is 9.74. The van der Waals surface area contributed by atoms with E-state index in [1.165, 1.54) is 125 Å². The second kappa shape index (κ2) is 19.0. The highest BCUT2D eigenvalue weighted by atomic mass is 14.0. The molecule has 32 heavy (non-hydrogen) atoms. The molecule has 2 aromatic carbocycles. The highest BCUT2D eigenvalue weighted by Crippen LogP contribution is 2.20. The van der Waals surface area contributed by atoms with Crippen LogP contribution in [0.5, 0.6) is 0 Å². The van der Waals surface area contributed by atoms with E-state index in [4.69, 9.17) is 0 Å². The van der Waals surface area contributed by atoms with E-state index in [1.54, 1.807) is 0 Å². The fraction of sp³-hybridized carbons (Fsp3) is 0.625. The minimum atomic E-state index is 1.15. The minimum absolute atomic E-state index is 1.15. The number of fused-ring (bicyclic) bond motifs is 1. The molecule has 0 amide bonds. The third kappa shape index (κ3) is 12.5. The molecular formula is C32H50. The van der Waals surface area contributed by atoms with Gasteiger partial charge in [0.25, 0.3) is 0 Å². The first-order valence-corrected chi connectivity index (χ1v) is 14.0. The molecule has 2 rings (SSSR count). The van der Waals surface area contributed by atoms with Crippen molar-refractivity contribution in [2.75, 3.05) is 0 Å². The van der Waals surface area contributed by atoms with E-state index >= 15 is 0 Å². The van der Waals surface area contributed by atoms with Crippen molar-refractivity contribution in [1.82, 2.24) is 0 Å². The maximum Gasteiger partial charge on any atom is -0.0152 e. The van der Waals surface area contributed by atoms with Gasteiger partial charge in [0.2, 0.25) is 0 Å². The molecule has 0 aliphatic carbocycles. The Morgan fingerprint density at radius 1 is 0.500 bits per heavy atom. The molecule has 0 atom stereocenters. The average molecular weight is 435 g/mol. The van der Waals surface area contributed by atoms with Crippen LogP contribution in [0.15, 0.2) is 54.6 Å². The summed E-state index contributed by atoms with van der Waals surface area (Å²) in [5.41, 5.74) is 1.48. The zero-order valence-corrected chi connectivity index (χ0v) is 21.1. The predicted molar refractivity (Wildman–Crippen MR) is 146 cm³/mol. The van der Waals surface area contributed by atoms with E-state index in [2.05, 4.69) is 61.5 Å². The summed E-state index contributed by atoms with van der Waals surface area (Å²) in [4.78, 5) is 0. The molecule has 178 valence electrons. The molecule has 0 radical (unpaired) electrons. The summed E-state index contributed by atoms with van der Waals surface area (Å²) in [6.45, 7) is 2.30. The van der Waals surface area contributed by atoms with E-state index in [1.807, 2.05) is 0 Å². The number of allylic oxidation sites excluding steroid dienone is 2. The van der Waals surface area contributed by atoms with Gasteiger partial charge in [-0.05, 0) is 42.0 Å². The summed E-state index contributed by atoms with van der Waals surface area (Å²) >= 11 is 0. The van der Waals surface area contributed by atoms with Crippen molar-refractivity contribution >= 4 is 10.8 Å². The Bertz CT molecular complexity index is 706. The van der Waals surface area contributed by atoms with Gasteiger partial charge in [0, 0.05) is 0 Å². The van der Waals surface area contributed by atoms with Gasteiger partial charge in [0.05, 0.1) is 0 Å². The van der Waals surface area contributed by atoms with Crippen molar-refractivity contribution < 1.29 is 0 Å². The Kier molecular flexibility index (Phi) is 15.8. The largest absolute Gasteiger partial charge is 0.0885 e. The van der Waals surface area contributed by atoms with Crippen LogP contribution in [0, 0.1) is 0 Å². The van der Waals surface area contributed by atoms with Crippen LogP contribution in [0.25, 0.3) is 10.8 Å². The normalized spacial score (nSPS) is 11.7. The van der Waals surface area contributed by atoms with Gasteiger partial charge in [-0.15, -0.1) is 0 Å². The molecule has 0 saturated heterocycles. The Balaban J connectivity index is 1.33. The molecule has 0 saturated carbocycles. The van der Waals surface area contributed by atoms with Crippen LogP contribution in [0.4, 0.5) is 0 Å². The highest BCUT2D eigenvalue weighted by Gasteiger charge is 1.99. The summed E-state index contributed by atoms with van der Waals surface area (Å²) in [5.74, 6) is 0. The summed E-state index contributed by atoms with van der Waals surface area (Å²) in [6.07, 6.45) is 31.5. The van der Waals surface area contributed by atoms with Crippen LogP contribution in [0.1, 0.15) is 128 Å². The fourth-order valence-electron chi connectivity index (χ4n) is 4.80. The van der Waals surface area contributed by atoms with E-state index in [0.717, 1.165) is 12.8 Å². The Morgan fingerprint density at radius 2 is 1.00 bits per heavy atom. The minimum Gasteiger partial charge on any atom is -0.0885 e. The fourth-order valence-corrected chi connectivity index (χ4v) is 4.80. The van der Waals surface area contributed by atoms with Gasteiger partial charge >= 0.3 is 0 Å². The van der Waals surface area contributed by atoms with Crippen molar-refractivity contribution in [1.29, 1.82) is 0 Å². The molecule has 0 heteroatoms. The number of rotatable bonds is 20. The standard InChI is InChI=1S/C32H50/c1-2-3-4-5-6-7-8-9-10-11-12-13-14-15-16-17-18-19-20-21-25-30-27-24-28-31-26-22-23-29-32(30)31/h19-20,22-24,26-29H,2-18,21,25H2,1H3/b20-19+. The Hall–Kier alpha value is -1.56. The van der Waals surface area contributed by atoms with Crippen molar-refractivity contribution in [3.8, 4) is 0 Å². The topological polar surface area (TPSA) is 0 Å². The summed E-state index contributed by atoms with van der Waals surface area (Å²) in [5, 5.41) is 2.78. The van der Waals surface area contributed by atoms with Crippen LogP contribution in [-0.4, -0.2) is 0 Å². The first-order chi connectivity index (χ1) is 15.9. The van der Waals surface area contributed by atoms with E-state index in [9.17, 15) is 0 Å². The van der Waals surface area contributed by atoms with Gasteiger partial charge in [-0.2, -0.15) is 0 Å². The van der Waals surface area contributed by atoms with Gasteiger partial charge in [0.1, 0.15) is 0 Å². The van der Waals surface area contributed by atoms with Gasteiger partial charge in [-0.25, -0.2) is 0 Å². The lowest BCUT2D eigenvalue weighted by Crippen LogP contribution is -1.86. The van der Waals surface area contributed by atoms with E-state index in [0.29, 0.717) is 0 Å². The number of benzene rings is 2. The number of hydrogen-bond donors (Lipinski definition) is 0. The molecule has 0 unspecified atom stereocenters. The smallest absolute Gasteiger partial charge is 0.0152 e. The van der Waals surface area contributed by atoms with Crippen molar-refractivity contribution in [3.63, 3.8) is 0 Å². The molecule has 0 aliphatic rings. The summed E-state index contributed by atoms with van der Waals surface area (Å²) < 4.78 is 0. The van der Waals surface area contributed by atoms with Crippen LogP contribution < -0.4 is 0 Å². The van der Waals surface area contributed by atoms with Crippen LogP contribution in [0.3, 0.4) is 0 Å². The zero-order valence-electron chi connectivity index (χ0n) is 21.1. The van der Waals surface area contributed by atoms with Crippen LogP contribution in [-0.2, 0) is 6.42 Å². The van der Waals surface area contributed by atoms with E-state index < -0.39 is 0 Å². The Morgan fingerprint density at radius 3 is 1.62 bits per heavy atom. The summed E-state index contributed by atoms with van der Waals surface area (Å²) in [7, 11) is 0. The maximum absolute atomic E-state index is 2.41. The molecule has 0 nitrogen and oxygen atoms in total. The third-order valence-corrected chi connectivity index (χ3v) is 6.85. The van der Waals surface area contributed by atoms with Crippen molar-refractivity contribution in [2.24, 2.45) is 0 Å². The molecule has 0 aliphatic heterocycles. The molecular weight excluding hydrogens is 384 g/mol. The van der Waals surface area contributed by atoms with E-state index in [-0.39, 0.29) is 0 Å². The van der Waals surface area contributed by atoms with Gasteiger partial charge in [-0.1, -0.05) is 158 Å². The zero-order chi connectivity index (χ0) is 22.5. The Labute approximate surface area is 199 Å². The molecule has 2 aromatic rings. The van der Waals surface area contributed by atoms with Crippen molar-refractivity contribution in [2.45, 2.75) is 129 Å². The quantitative estimate of drug-likeness (QED) is 0.143. The lowest BCUT2D eigenvalue weighted by Gasteiger charge is -2.04. The maximum atomic E-state index is 2.41. The molecule has 0 heterocycles. The SMILES string of the molecule is CCCCCCCCCCCCCCCCCC/C=C/CCc1cccc2ccccc12. The molecule has 0 bridgehead atoms. The highest BCUT2D eigenvalue weighted by molar-refractivity contribution is 5.85. The summed E-state index contributed by atoms with van der Waals surface area (Å²) in [6, 6.07) is 15.4. The molecule has 0 aromatic heterocycles. The third-order valence-electron chi connectivity index (χ3n) is 6.85. The second-order valence-corrected chi connectivity index (χ2v) is 9.74. The number of aryl methyl sites for hydroxylation is 1. The predicted octanol–water partition coefficient (Wildman–Crippen LogP) is 11.0. The number of hydrogen-bond acceptors (Lipinski definition) is 0. The van der Waals surface area contributed by atoms with Gasteiger partial charge in [0.15, 0.2) is 0 Å². The lowest BCUT2D eigenvalue weighted by atomic mass is 10.0. The first kappa shape index (κ1) is 26.7. The van der Waals surface area contributed by atoms with Crippen molar-refractivity contribution in [3.05, 3.63) is 60.2 Å². The molecule has 0 spiro atoms. The molecule has 0 N–H and O–H groups in total. The monoisotopic (exact) mass is 434 g/mol. The first-order valence-electron chi connectivity index (χ1n) is 14.0. The number of unbranched alkanes of at least 4 members (excludes halogenated alkanes) is 16.